The van der Waals surface area contributed by atoms with Gasteiger partial charge in [-0.3, -0.25) is 14.5 Å². The number of aromatic nitrogens is 2. The summed E-state index contributed by atoms with van der Waals surface area (Å²) in [5.41, 5.74) is 4.66. The van der Waals surface area contributed by atoms with Crippen molar-refractivity contribution in [2.75, 3.05) is 7.05 Å². The monoisotopic (exact) mass is 500 g/mol. The van der Waals surface area contributed by atoms with Crippen LogP contribution in [0, 0.1) is 11.3 Å². The van der Waals surface area contributed by atoms with Crippen LogP contribution < -0.4 is 4.74 Å². The predicted molar refractivity (Wildman–Crippen MR) is 144 cm³/mol. The van der Waals surface area contributed by atoms with Gasteiger partial charge in [0, 0.05) is 29.9 Å². The minimum absolute atomic E-state index is 0.0460. The van der Waals surface area contributed by atoms with Gasteiger partial charge in [-0.25, -0.2) is 4.68 Å². The van der Waals surface area contributed by atoms with Crippen LogP contribution in [0.1, 0.15) is 18.1 Å². The van der Waals surface area contributed by atoms with Crippen LogP contribution in [-0.2, 0) is 16.2 Å². The standard InChI is InChI=1S/C31H24N4O3/c1-21-27(30(36)34(2)31(37)28(21)18-32)17-24-19-35(25-11-7-4-8-12-25)33-29(24)23-13-15-26(16-14-23)38-20-22-9-5-3-6-10-22/h3-17,19H,20H2,1-2H3. The zero-order valence-electron chi connectivity index (χ0n) is 21.0. The molecule has 0 saturated heterocycles. The first-order chi connectivity index (χ1) is 18.5. The Kier molecular flexibility index (Phi) is 6.70. The first kappa shape index (κ1) is 24.5. The molecule has 0 N–H and O–H groups in total. The van der Waals surface area contributed by atoms with E-state index in [0.29, 0.717) is 23.4 Å². The van der Waals surface area contributed by atoms with Crippen molar-refractivity contribution in [3.63, 3.8) is 0 Å². The maximum absolute atomic E-state index is 13.0. The number of hydrogen-bond donors (Lipinski definition) is 0. The molecular weight excluding hydrogens is 476 g/mol. The summed E-state index contributed by atoms with van der Waals surface area (Å²) in [6, 6.07) is 29.1. The molecule has 7 heteroatoms. The minimum Gasteiger partial charge on any atom is -0.489 e. The quantitative estimate of drug-likeness (QED) is 0.263. The van der Waals surface area contributed by atoms with E-state index >= 15 is 0 Å². The van der Waals surface area contributed by atoms with E-state index in [4.69, 9.17) is 9.84 Å². The third kappa shape index (κ3) is 4.75. The highest BCUT2D eigenvalue weighted by Crippen LogP contribution is 2.31. The number of hydrogen-bond acceptors (Lipinski definition) is 5. The highest BCUT2D eigenvalue weighted by molar-refractivity contribution is 6.19. The molecule has 0 atom stereocenters. The first-order valence-corrected chi connectivity index (χ1v) is 12.0. The summed E-state index contributed by atoms with van der Waals surface area (Å²) in [5, 5.41) is 14.3. The summed E-state index contributed by atoms with van der Waals surface area (Å²) in [7, 11) is 1.38. The molecule has 186 valence electrons. The average Bonchev–Trinajstić information content (AvgIpc) is 3.39. The third-order valence-electron chi connectivity index (χ3n) is 6.38. The van der Waals surface area contributed by atoms with Gasteiger partial charge < -0.3 is 4.74 Å². The molecule has 0 radical (unpaired) electrons. The number of rotatable bonds is 6. The highest BCUT2D eigenvalue weighted by atomic mass is 16.5. The summed E-state index contributed by atoms with van der Waals surface area (Å²) >= 11 is 0. The molecule has 3 aromatic carbocycles. The molecular formula is C31H24N4O3. The molecule has 7 nitrogen and oxygen atoms in total. The number of nitrogens with zero attached hydrogens (tertiary/aromatic N) is 4. The van der Waals surface area contributed by atoms with Crippen LogP contribution in [0.5, 0.6) is 5.75 Å². The second-order valence-corrected chi connectivity index (χ2v) is 8.85. The lowest BCUT2D eigenvalue weighted by molar-refractivity contribution is -0.138. The summed E-state index contributed by atoms with van der Waals surface area (Å²) in [5.74, 6) is -0.340. The van der Waals surface area contributed by atoms with Gasteiger partial charge in [-0.1, -0.05) is 48.5 Å². The fourth-order valence-electron chi connectivity index (χ4n) is 4.23. The lowest BCUT2D eigenvalue weighted by Gasteiger charge is -2.23. The van der Waals surface area contributed by atoms with E-state index in [2.05, 4.69) is 0 Å². The van der Waals surface area contributed by atoms with Crippen LogP contribution in [0.2, 0.25) is 0 Å². The predicted octanol–water partition coefficient (Wildman–Crippen LogP) is 5.34. The van der Waals surface area contributed by atoms with Crippen LogP contribution in [-0.4, -0.2) is 33.5 Å². The lowest BCUT2D eigenvalue weighted by atomic mass is 9.93. The number of carbonyl (C=O) groups excluding carboxylic acids is 2. The van der Waals surface area contributed by atoms with Crippen molar-refractivity contribution in [3.8, 4) is 28.8 Å². The highest BCUT2D eigenvalue weighted by Gasteiger charge is 2.33. The van der Waals surface area contributed by atoms with E-state index in [-0.39, 0.29) is 11.1 Å². The van der Waals surface area contributed by atoms with Gasteiger partial charge in [-0.05, 0) is 60.5 Å². The normalized spacial score (nSPS) is 14.7. The maximum Gasteiger partial charge on any atom is 0.271 e. The van der Waals surface area contributed by atoms with E-state index < -0.39 is 11.8 Å². The van der Waals surface area contributed by atoms with E-state index in [1.165, 1.54) is 7.05 Å². The van der Waals surface area contributed by atoms with Crippen molar-refractivity contribution in [1.82, 2.24) is 14.7 Å². The van der Waals surface area contributed by atoms with Crippen LogP contribution in [0.25, 0.3) is 23.0 Å². The Hall–Kier alpha value is -5.22. The summed E-state index contributed by atoms with van der Waals surface area (Å²) in [6.45, 7) is 2.08. The minimum atomic E-state index is -0.599. The maximum atomic E-state index is 13.0. The van der Waals surface area contributed by atoms with Crippen LogP contribution >= 0.6 is 0 Å². The molecule has 5 rings (SSSR count). The van der Waals surface area contributed by atoms with E-state index in [9.17, 15) is 14.9 Å². The Balaban J connectivity index is 1.55. The number of carbonyl (C=O) groups is 2. The fourth-order valence-corrected chi connectivity index (χ4v) is 4.23. The average molecular weight is 501 g/mol. The fraction of sp³-hybridized carbons (Fsp3) is 0.0968. The molecule has 0 unspecified atom stereocenters. The second kappa shape index (κ2) is 10.4. The first-order valence-electron chi connectivity index (χ1n) is 12.0. The molecule has 0 aliphatic carbocycles. The zero-order chi connectivity index (χ0) is 26.6. The van der Waals surface area contributed by atoms with Crippen LogP contribution in [0.15, 0.2) is 108 Å². The Morgan fingerprint density at radius 3 is 2.24 bits per heavy atom. The Bertz CT molecular complexity index is 1610. The van der Waals surface area contributed by atoms with Crippen molar-refractivity contribution in [1.29, 1.82) is 5.26 Å². The molecule has 1 aliphatic heterocycles. The molecule has 1 aromatic heterocycles. The number of para-hydroxylation sites is 1. The van der Waals surface area contributed by atoms with Crippen LogP contribution in [0.4, 0.5) is 0 Å². The Morgan fingerprint density at radius 2 is 1.58 bits per heavy atom. The Labute approximate surface area is 220 Å². The van der Waals surface area contributed by atoms with E-state index in [0.717, 1.165) is 27.5 Å². The summed E-state index contributed by atoms with van der Waals surface area (Å²) in [6.07, 6.45) is 3.53. The third-order valence-corrected chi connectivity index (χ3v) is 6.38. The number of benzene rings is 3. The van der Waals surface area contributed by atoms with E-state index in [1.54, 1.807) is 17.7 Å². The largest absolute Gasteiger partial charge is 0.489 e. The molecule has 0 fully saturated rings. The molecule has 0 spiro atoms. The molecule has 1 aliphatic rings. The van der Waals surface area contributed by atoms with Gasteiger partial charge in [0.05, 0.1) is 11.4 Å². The van der Waals surface area contributed by atoms with Gasteiger partial charge in [0.15, 0.2) is 0 Å². The van der Waals surface area contributed by atoms with Crippen molar-refractivity contribution in [2.24, 2.45) is 0 Å². The molecule has 0 bridgehead atoms. The topological polar surface area (TPSA) is 88.2 Å². The molecule has 2 amide bonds. The van der Waals surface area contributed by atoms with Crippen molar-refractivity contribution in [2.45, 2.75) is 13.5 Å². The molecule has 0 saturated carbocycles. The number of amides is 2. The molecule has 4 aromatic rings. The van der Waals surface area contributed by atoms with Crippen molar-refractivity contribution < 1.29 is 14.3 Å². The SMILES string of the molecule is CC1=C(C#N)C(=O)N(C)C(=O)C1=Cc1cn(-c2ccccc2)nc1-c1ccc(OCc2ccccc2)cc1. The van der Waals surface area contributed by atoms with Gasteiger partial charge >= 0.3 is 0 Å². The van der Waals surface area contributed by atoms with Gasteiger partial charge in [-0.15, -0.1) is 0 Å². The smallest absolute Gasteiger partial charge is 0.271 e. The zero-order valence-corrected chi connectivity index (χ0v) is 21.0. The van der Waals surface area contributed by atoms with Gasteiger partial charge in [0.25, 0.3) is 11.8 Å². The van der Waals surface area contributed by atoms with Crippen molar-refractivity contribution in [3.05, 3.63) is 119 Å². The number of imide groups is 1. The van der Waals surface area contributed by atoms with Gasteiger partial charge in [0.2, 0.25) is 0 Å². The van der Waals surface area contributed by atoms with Crippen LogP contribution in [0.3, 0.4) is 0 Å². The second-order valence-electron chi connectivity index (χ2n) is 8.85. The van der Waals surface area contributed by atoms with Crippen molar-refractivity contribution >= 4 is 17.9 Å². The number of ether oxygens (including phenoxy) is 1. The number of nitriles is 1. The number of likely N-dealkylation sites (N-methyl/N-ethyl adjacent to an activating group) is 1. The van der Waals surface area contributed by atoms with E-state index in [1.807, 2.05) is 97.2 Å². The lowest BCUT2D eigenvalue weighted by Crippen LogP contribution is -2.39. The summed E-state index contributed by atoms with van der Waals surface area (Å²) < 4.78 is 7.67. The Morgan fingerprint density at radius 1 is 0.921 bits per heavy atom. The molecule has 2 heterocycles. The molecule has 38 heavy (non-hydrogen) atoms. The van der Waals surface area contributed by atoms with Gasteiger partial charge in [-0.2, -0.15) is 10.4 Å². The summed E-state index contributed by atoms with van der Waals surface area (Å²) in [4.78, 5) is 26.4. The van der Waals surface area contributed by atoms with Gasteiger partial charge in [0.1, 0.15) is 24.0 Å².